The predicted molar refractivity (Wildman–Crippen MR) is 129 cm³/mol. The number of hydrogen-bond acceptors (Lipinski definition) is 4. The number of aromatic hydroxyl groups is 1. The second-order valence-corrected chi connectivity index (χ2v) is 13.3. The number of piperidine rings is 1. The van der Waals surface area contributed by atoms with Crippen LogP contribution >= 0.6 is 0 Å². The zero-order valence-corrected chi connectivity index (χ0v) is 21.2. The number of phenols is 1. The maximum absolute atomic E-state index is 12.2. The molecule has 1 aromatic carbocycles. The van der Waals surface area contributed by atoms with Crippen molar-refractivity contribution in [3.63, 3.8) is 0 Å². The Kier molecular flexibility index (Phi) is 4.54. The van der Waals surface area contributed by atoms with E-state index in [0.29, 0.717) is 6.04 Å². The quantitative estimate of drug-likeness (QED) is 0.577. The molecule has 1 saturated heterocycles. The minimum absolute atomic E-state index is 0.0323. The first-order chi connectivity index (χ1) is 15.9. The highest BCUT2D eigenvalue weighted by Gasteiger charge is 2.77. The van der Waals surface area contributed by atoms with Crippen LogP contribution in [0.1, 0.15) is 80.3 Å². The van der Waals surface area contributed by atoms with Gasteiger partial charge in [0.15, 0.2) is 0 Å². The van der Waals surface area contributed by atoms with E-state index in [2.05, 4.69) is 13.1 Å². The molecule has 4 saturated carbocycles. The molecular formula is C28H41N2O4+. The summed E-state index contributed by atoms with van der Waals surface area (Å²) in [6.45, 7) is 6.19. The number of primary amides is 1. The van der Waals surface area contributed by atoms with Crippen LogP contribution in [-0.2, 0) is 16.6 Å². The second kappa shape index (κ2) is 6.77. The number of carbonyl (C=O) groups is 1. The van der Waals surface area contributed by atoms with Gasteiger partial charge in [-0.25, -0.2) is 0 Å². The minimum atomic E-state index is -0.851. The van der Waals surface area contributed by atoms with Crippen LogP contribution < -0.4 is 5.73 Å². The molecule has 0 radical (unpaired) electrons. The number of aliphatic hydroxyl groups is 1. The number of nitrogens with two attached hydrogens (primary N) is 1. The van der Waals surface area contributed by atoms with E-state index < -0.39 is 17.1 Å². The highest BCUT2D eigenvalue weighted by Crippen LogP contribution is 2.75. The Hall–Kier alpha value is -1.63. The monoisotopic (exact) mass is 469 g/mol. The smallest absolute Gasteiger partial charge is 0.252 e. The maximum Gasteiger partial charge on any atom is 0.252 e. The Bertz CT molecular complexity index is 1060. The third kappa shape index (κ3) is 2.71. The lowest BCUT2D eigenvalue weighted by Gasteiger charge is -2.75. The zero-order chi connectivity index (χ0) is 24.3. The maximum atomic E-state index is 12.2. The molecule has 186 valence electrons. The average Bonchev–Trinajstić information content (AvgIpc) is 3.58. The van der Waals surface area contributed by atoms with Crippen LogP contribution in [0.4, 0.5) is 0 Å². The lowest BCUT2D eigenvalue weighted by atomic mass is 9.34. The van der Waals surface area contributed by atoms with Gasteiger partial charge in [-0.3, -0.25) is 4.79 Å². The lowest BCUT2D eigenvalue weighted by molar-refractivity contribution is -0.952. The fraction of sp³-hybridized carbons (Fsp3) is 0.750. The van der Waals surface area contributed by atoms with Crippen LogP contribution in [0.2, 0.25) is 0 Å². The Labute approximate surface area is 203 Å². The third-order valence-electron chi connectivity index (χ3n) is 11.2. The van der Waals surface area contributed by atoms with Crippen molar-refractivity contribution < 1.29 is 24.2 Å². The summed E-state index contributed by atoms with van der Waals surface area (Å²) in [5.41, 5.74) is 6.47. The van der Waals surface area contributed by atoms with Gasteiger partial charge in [0.25, 0.3) is 5.91 Å². The first-order valence-electron chi connectivity index (χ1n) is 13.2. The van der Waals surface area contributed by atoms with Gasteiger partial charge in [0, 0.05) is 48.2 Å². The van der Waals surface area contributed by atoms with E-state index in [0.717, 1.165) is 61.0 Å². The van der Waals surface area contributed by atoms with Crippen LogP contribution in [0, 0.1) is 17.3 Å². The number of likely N-dealkylation sites (tertiary alicyclic amines) is 1. The summed E-state index contributed by atoms with van der Waals surface area (Å²) in [6.07, 6.45) is 8.22. The van der Waals surface area contributed by atoms with Gasteiger partial charge < -0.3 is 25.2 Å². The van der Waals surface area contributed by atoms with Gasteiger partial charge in [0.2, 0.25) is 0 Å². The molecule has 1 aromatic rings. The third-order valence-corrected chi connectivity index (χ3v) is 11.2. The number of fused-ring (bicyclic) bond motifs is 3. The summed E-state index contributed by atoms with van der Waals surface area (Å²) in [4.78, 5) is 12.2. The fourth-order valence-electron chi connectivity index (χ4n) is 9.69. The van der Waals surface area contributed by atoms with E-state index in [1.54, 1.807) is 13.2 Å². The number of quaternary nitrogens is 1. The predicted octanol–water partition coefficient (Wildman–Crippen LogP) is 3.26. The van der Waals surface area contributed by atoms with E-state index in [9.17, 15) is 15.0 Å². The summed E-state index contributed by atoms with van der Waals surface area (Å²) in [5, 5.41) is 22.9. The van der Waals surface area contributed by atoms with Crippen LogP contribution in [0.5, 0.6) is 5.75 Å². The normalized spacial score (nSPS) is 42.7. The molecule has 4 bridgehead atoms. The number of benzene rings is 1. The summed E-state index contributed by atoms with van der Waals surface area (Å²) in [5.74, 6) is 0.385. The van der Waals surface area contributed by atoms with Gasteiger partial charge in [0.05, 0.1) is 42.9 Å². The lowest BCUT2D eigenvalue weighted by Crippen LogP contribution is -2.80. The van der Waals surface area contributed by atoms with Crippen LogP contribution in [0.3, 0.4) is 0 Å². The SMILES string of the molecule is COC12CCC3(C[C@@H]1C(C)(C)O)C1Cc4ccc(C(N)=O)c(O)c4C3(CC[N@@+]1(C)CC1CC1)C2. The van der Waals surface area contributed by atoms with E-state index in [1.807, 2.05) is 13.8 Å². The molecule has 4 unspecified atom stereocenters. The van der Waals surface area contributed by atoms with Crippen LogP contribution in [0.15, 0.2) is 12.1 Å². The summed E-state index contributed by atoms with van der Waals surface area (Å²) in [7, 11) is 4.26. The van der Waals surface area contributed by atoms with Gasteiger partial charge in [0.1, 0.15) is 5.75 Å². The van der Waals surface area contributed by atoms with Crippen molar-refractivity contribution in [2.75, 3.05) is 27.2 Å². The molecule has 34 heavy (non-hydrogen) atoms. The molecule has 1 amide bonds. The Morgan fingerprint density at radius 3 is 2.62 bits per heavy atom. The number of amides is 1. The van der Waals surface area contributed by atoms with Crippen molar-refractivity contribution in [2.24, 2.45) is 23.0 Å². The van der Waals surface area contributed by atoms with Gasteiger partial charge in [-0.2, -0.15) is 0 Å². The Morgan fingerprint density at radius 1 is 1.26 bits per heavy atom. The second-order valence-electron chi connectivity index (χ2n) is 13.3. The average molecular weight is 470 g/mol. The van der Waals surface area contributed by atoms with Crippen molar-refractivity contribution in [2.45, 2.75) is 87.9 Å². The molecular weight excluding hydrogens is 428 g/mol. The number of carbonyl (C=O) groups excluding carboxylic acids is 1. The summed E-state index contributed by atoms with van der Waals surface area (Å²) >= 11 is 0. The number of ether oxygens (including phenoxy) is 1. The van der Waals surface area contributed by atoms with Crippen molar-refractivity contribution in [3.8, 4) is 5.75 Å². The highest BCUT2D eigenvalue weighted by molar-refractivity contribution is 5.96. The molecule has 6 aliphatic rings. The van der Waals surface area contributed by atoms with Gasteiger partial charge in [-0.05, 0) is 64.0 Å². The molecule has 6 nitrogen and oxygen atoms in total. The van der Waals surface area contributed by atoms with Crippen molar-refractivity contribution in [1.82, 2.24) is 0 Å². The first-order valence-corrected chi connectivity index (χ1v) is 13.2. The molecule has 1 spiro atoms. The molecule has 6 atom stereocenters. The molecule has 1 aliphatic heterocycles. The fourth-order valence-corrected chi connectivity index (χ4v) is 9.69. The summed E-state index contributed by atoms with van der Waals surface area (Å²) < 4.78 is 7.44. The molecule has 1 heterocycles. The largest absolute Gasteiger partial charge is 0.507 e. The standard InChI is InChI=1S/C28H40N2O4/c1-25(2,33)20-14-26-9-10-28(20,34-4)16-27(26)11-12-30(3,15-17-5-6-17)21(26)13-18-7-8-19(24(29)32)23(31)22(18)27/h7-8,17,20-21,33H,5-6,9-16H2,1-4H3,(H2-,29,31,32)/p+1/t20-,21?,26?,27?,28?,30+/m1/s1. The summed E-state index contributed by atoms with van der Waals surface area (Å²) in [6, 6.07) is 4.21. The van der Waals surface area contributed by atoms with E-state index >= 15 is 0 Å². The first kappa shape index (κ1) is 22.8. The van der Waals surface area contributed by atoms with E-state index in [4.69, 9.17) is 10.5 Å². The van der Waals surface area contributed by atoms with Crippen LogP contribution in [0.25, 0.3) is 0 Å². The molecule has 5 aliphatic carbocycles. The van der Waals surface area contributed by atoms with Gasteiger partial charge >= 0.3 is 0 Å². The van der Waals surface area contributed by atoms with Crippen molar-refractivity contribution >= 4 is 5.91 Å². The van der Waals surface area contributed by atoms with Crippen LogP contribution in [-0.4, -0.2) is 65.1 Å². The number of nitrogens with zero attached hydrogens (tertiary/aromatic N) is 1. The molecule has 4 N–H and O–H groups in total. The van der Waals surface area contributed by atoms with Crippen molar-refractivity contribution in [3.05, 3.63) is 28.8 Å². The Balaban J connectivity index is 1.60. The highest BCUT2D eigenvalue weighted by atomic mass is 16.5. The zero-order valence-electron chi connectivity index (χ0n) is 21.2. The van der Waals surface area contributed by atoms with Gasteiger partial charge in [-0.1, -0.05) is 6.07 Å². The Morgan fingerprint density at radius 2 is 2.00 bits per heavy atom. The van der Waals surface area contributed by atoms with E-state index in [1.165, 1.54) is 24.9 Å². The van der Waals surface area contributed by atoms with Crippen molar-refractivity contribution in [1.29, 1.82) is 0 Å². The number of likely N-dealkylation sites (N-methyl/N-ethyl adjacent to an activating group) is 1. The molecule has 0 aromatic heterocycles. The van der Waals surface area contributed by atoms with Gasteiger partial charge in [-0.15, -0.1) is 0 Å². The minimum Gasteiger partial charge on any atom is -0.507 e. The number of rotatable bonds is 5. The van der Waals surface area contributed by atoms with E-state index in [-0.39, 0.29) is 28.1 Å². The topological polar surface area (TPSA) is 92.8 Å². The number of methoxy groups -OCH3 is 1. The molecule has 7 rings (SSSR count). The number of hydrogen-bond donors (Lipinski definition) is 3. The molecule has 5 fully saturated rings. The molecule has 6 heteroatoms.